The maximum absolute atomic E-state index is 12.5. The number of phenols is 1. The summed E-state index contributed by atoms with van der Waals surface area (Å²) in [5, 5.41) is 15.1. The minimum absolute atomic E-state index is 0.0788. The first-order valence-electron chi connectivity index (χ1n) is 9.63. The molecule has 1 amide bonds. The number of hydrazone groups is 1. The van der Waals surface area contributed by atoms with Crippen molar-refractivity contribution in [1.82, 2.24) is 9.99 Å². The minimum atomic E-state index is -0.555. The van der Waals surface area contributed by atoms with Crippen molar-refractivity contribution >= 4 is 60.9 Å². The molecule has 2 heterocycles. The molecule has 4 rings (SSSR count). The number of amides is 1. The van der Waals surface area contributed by atoms with Gasteiger partial charge >= 0.3 is 5.97 Å². The average Bonchev–Trinajstić information content (AvgIpc) is 3.41. The smallest absolute Gasteiger partial charge is 0.373 e. The second-order valence-corrected chi connectivity index (χ2v) is 8.74. The summed E-state index contributed by atoms with van der Waals surface area (Å²) >= 11 is 6.50. The minimum Gasteiger partial charge on any atom is -0.506 e. The number of methoxy groups -OCH3 is 1. The van der Waals surface area contributed by atoms with E-state index in [1.807, 2.05) is 35.0 Å². The van der Waals surface area contributed by atoms with Crippen LogP contribution in [0.5, 0.6) is 5.75 Å². The summed E-state index contributed by atoms with van der Waals surface area (Å²) in [6.07, 6.45) is 3.40. The molecule has 2 aromatic carbocycles. The fraction of sp³-hybridized carbons (Fsp3) is 0.0870. The number of fused-ring (bicyclic) bond motifs is 1. The van der Waals surface area contributed by atoms with Gasteiger partial charge in [0.2, 0.25) is 5.76 Å². The molecule has 8 nitrogen and oxygen atoms in total. The molecule has 0 aliphatic rings. The van der Waals surface area contributed by atoms with E-state index in [-0.39, 0.29) is 17.1 Å². The van der Waals surface area contributed by atoms with Gasteiger partial charge in [0.1, 0.15) is 11.5 Å². The van der Waals surface area contributed by atoms with Crippen molar-refractivity contribution in [2.45, 2.75) is 6.54 Å². The first kappa shape index (κ1) is 22.8. The van der Waals surface area contributed by atoms with Crippen LogP contribution in [0.4, 0.5) is 0 Å². The number of furan rings is 1. The number of rotatable bonds is 6. The number of nitrogens with zero attached hydrogens (tertiary/aromatic N) is 2. The molecular formula is C23H17Br2N3O5. The number of para-hydroxylation sites is 1. The Morgan fingerprint density at radius 2 is 2.00 bits per heavy atom. The number of esters is 1. The van der Waals surface area contributed by atoms with Crippen molar-refractivity contribution in [3.63, 3.8) is 0 Å². The zero-order chi connectivity index (χ0) is 23.5. The summed E-state index contributed by atoms with van der Waals surface area (Å²) in [5.74, 6) is -0.544. The summed E-state index contributed by atoms with van der Waals surface area (Å²) in [4.78, 5) is 24.1. The SMILES string of the molecule is COC(=O)c1ccc(Cn2cc(/C=N\NC(=O)c3cc(Br)cc(Br)c3O)c3ccccc32)o1. The largest absolute Gasteiger partial charge is 0.506 e. The Labute approximate surface area is 205 Å². The van der Waals surface area contributed by atoms with E-state index in [0.717, 1.165) is 16.5 Å². The standard InChI is InChI=1S/C23H17Br2N3O5/c1-32-23(31)20-7-6-15(33-20)12-28-11-13(16-4-2-3-5-19(16)28)10-26-27-22(30)17-8-14(24)9-18(25)21(17)29/h2-11,29H,12H2,1H3,(H,27,30)/b26-10-. The molecular weight excluding hydrogens is 558 g/mol. The number of halogens is 2. The third kappa shape index (κ3) is 4.86. The van der Waals surface area contributed by atoms with Crippen LogP contribution in [0.3, 0.4) is 0 Å². The van der Waals surface area contributed by atoms with Crippen molar-refractivity contribution in [2.75, 3.05) is 7.11 Å². The van der Waals surface area contributed by atoms with E-state index < -0.39 is 11.9 Å². The van der Waals surface area contributed by atoms with Crippen LogP contribution in [-0.2, 0) is 11.3 Å². The van der Waals surface area contributed by atoms with Gasteiger partial charge in [-0.15, -0.1) is 0 Å². The highest BCUT2D eigenvalue weighted by Crippen LogP contribution is 2.31. The maximum atomic E-state index is 12.5. The van der Waals surface area contributed by atoms with Crippen molar-refractivity contribution in [3.05, 3.63) is 86.3 Å². The van der Waals surface area contributed by atoms with Crippen molar-refractivity contribution in [1.29, 1.82) is 0 Å². The topological polar surface area (TPSA) is 106 Å². The molecule has 0 saturated carbocycles. The molecule has 0 aliphatic heterocycles. The summed E-state index contributed by atoms with van der Waals surface area (Å²) in [7, 11) is 1.30. The molecule has 33 heavy (non-hydrogen) atoms. The van der Waals surface area contributed by atoms with Crippen LogP contribution < -0.4 is 5.43 Å². The average molecular weight is 575 g/mol. The van der Waals surface area contributed by atoms with Gasteiger partial charge in [0.15, 0.2) is 0 Å². The fourth-order valence-corrected chi connectivity index (χ4v) is 4.53. The lowest BCUT2D eigenvalue weighted by Crippen LogP contribution is -2.17. The summed E-state index contributed by atoms with van der Waals surface area (Å²) in [5.41, 5.74) is 4.21. The van der Waals surface area contributed by atoms with Crippen molar-refractivity contribution in [3.8, 4) is 5.75 Å². The van der Waals surface area contributed by atoms with Crippen LogP contribution in [0.2, 0.25) is 0 Å². The Morgan fingerprint density at radius 1 is 1.21 bits per heavy atom. The number of hydrogen-bond acceptors (Lipinski definition) is 6. The van der Waals surface area contributed by atoms with Gasteiger partial charge in [0.05, 0.1) is 29.9 Å². The molecule has 4 aromatic rings. The lowest BCUT2D eigenvalue weighted by Gasteiger charge is -2.05. The molecule has 0 spiro atoms. The van der Waals surface area contributed by atoms with Gasteiger partial charge in [-0.3, -0.25) is 4.79 Å². The lowest BCUT2D eigenvalue weighted by molar-refractivity contribution is 0.0562. The molecule has 0 bridgehead atoms. The number of benzene rings is 2. The Bertz CT molecular complexity index is 1390. The predicted molar refractivity (Wildman–Crippen MR) is 130 cm³/mol. The van der Waals surface area contributed by atoms with Crippen LogP contribution in [0.15, 0.2) is 73.2 Å². The quantitative estimate of drug-likeness (QED) is 0.190. The molecule has 0 saturated heterocycles. The normalized spacial score (nSPS) is 11.2. The number of hydrogen-bond donors (Lipinski definition) is 2. The molecule has 2 aromatic heterocycles. The zero-order valence-electron chi connectivity index (χ0n) is 17.2. The first-order valence-corrected chi connectivity index (χ1v) is 11.2. The fourth-order valence-electron chi connectivity index (χ4n) is 3.31. The van der Waals surface area contributed by atoms with Gasteiger partial charge in [-0.25, -0.2) is 10.2 Å². The third-order valence-corrected chi connectivity index (χ3v) is 5.90. The van der Waals surface area contributed by atoms with E-state index in [1.165, 1.54) is 19.4 Å². The monoisotopic (exact) mass is 573 g/mol. The van der Waals surface area contributed by atoms with Gasteiger partial charge in [-0.1, -0.05) is 34.1 Å². The van der Waals surface area contributed by atoms with E-state index in [2.05, 4.69) is 47.1 Å². The van der Waals surface area contributed by atoms with Gasteiger partial charge in [-0.2, -0.15) is 5.10 Å². The van der Waals surface area contributed by atoms with Gasteiger partial charge in [-0.05, 0) is 46.3 Å². The van der Waals surface area contributed by atoms with E-state index >= 15 is 0 Å². The van der Waals surface area contributed by atoms with E-state index in [4.69, 9.17) is 4.42 Å². The van der Waals surface area contributed by atoms with E-state index in [0.29, 0.717) is 21.3 Å². The highest BCUT2D eigenvalue weighted by atomic mass is 79.9. The summed E-state index contributed by atoms with van der Waals surface area (Å²) in [6, 6.07) is 14.1. The highest BCUT2D eigenvalue weighted by molar-refractivity contribution is 9.11. The molecule has 0 unspecified atom stereocenters. The number of carbonyl (C=O) groups excluding carboxylic acids is 2. The van der Waals surface area contributed by atoms with Crippen molar-refractivity contribution < 1.29 is 23.8 Å². The third-order valence-electron chi connectivity index (χ3n) is 4.84. The van der Waals surface area contributed by atoms with Crippen LogP contribution in [0, 0.1) is 0 Å². The van der Waals surface area contributed by atoms with E-state index in [1.54, 1.807) is 18.2 Å². The molecule has 0 atom stereocenters. The molecule has 2 N–H and O–H groups in total. The van der Waals surface area contributed by atoms with Gasteiger partial charge in [0.25, 0.3) is 5.91 Å². The molecule has 0 fully saturated rings. The van der Waals surface area contributed by atoms with Gasteiger partial charge < -0.3 is 18.8 Å². The van der Waals surface area contributed by atoms with Crippen LogP contribution >= 0.6 is 31.9 Å². The predicted octanol–water partition coefficient (Wildman–Crippen LogP) is 5.06. The number of aromatic hydroxyl groups is 1. The van der Waals surface area contributed by atoms with Crippen LogP contribution in [-0.4, -0.2) is 34.9 Å². The lowest BCUT2D eigenvalue weighted by atomic mass is 10.2. The highest BCUT2D eigenvalue weighted by Gasteiger charge is 2.15. The molecule has 10 heteroatoms. The first-order chi connectivity index (χ1) is 15.9. The molecule has 168 valence electrons. The van der Waals surface area contributed by atoms with Gasteiger partial charge in [0, 0.05) is 27.1 Å². The number of ether oxygens (including phenoxy) is 1. The molecule has 0 aliphatic carbocycles. The summed E-state index contributed by atoms with van der Waals surface area (Å²) < 4.78 is 13.2. The Morgan fingerprint density at radius 3 is 2.79 bits per heavy atom. The number of nitrogens with one attached hydrogen (secondary N) is 1. The second kappa shape index (κ2) is 9.63. The Hall–Kier alpha value is -3.37. The Balaban J connectivity index is 1.56. The Kier molecular flexibility index (Phi) is 6.66. The zero-order valence-corrected chi connectivity index (χ0v) is 20.4. The number of phenolic OH excluding ortho intramolecular Hbond substituents is 1. The maximum Gasteiger partial charge on any atom is 0.373 e. The molecule has 0 radical (unpaired) electrons. The number of aromatic nitrogens is 1. The summed E-state index contributed by atoms with van der Waals surface area (Å²) in [6.45, 7) is 0.387. The van der Waals surface area contributed by atoms with E-state index in [9.17, 15) is 14.7 Å². The van der Waals surface area contributed by atoms with Crippen LogP contribution in [0.1, 0.15) is 32.2 Å². The van der Waals surface area contributed by atoms with Crippen molar-refractivity contribution in [2.24, 2.45) is 5.10 Å². The van der Waals surface area contributed by atoms with Crippen LogP contribution in [0.25, 0.3) is 10.9 Å². The number of carbonyl (C=O) groups is 2. The second-order valence-electron chi connectivity index (χ2n) is 6.97.